The van der Waals surface area contributed by atoms with E-state index in [0.29, 0.717) is 23.7 Å². The number of nitrogens with zero attached hydrogens (tertiary/aromatic N) is 1. The van der Waals surface area contributed by atoms with Crippen molar-refractivity contribution in [1.82, 2.24) is 0 Å². The Labute approximate surface area is 126 Å². The van der Waals surface area contributed by atoms with Crippen LogP contribution in [0.1, 0.15) is 11.1 Å². The summed E-state index contributed by atoms with van der Waals surface area (Å²) >= 11 is 3.35. The van der Waals surface area contributed by atoms with Crippen molar-refractivity contribution in [1.29, 1.82) is 5.26 Å². The van der Waals surface area contributed by atoms with E-state index in [2.05, 4.69) is 22.0 Å². The van der Waals surface area contributed by atoms with Crippen LogP contribution >= 0.6 is 15.9 Å². The van der Waals surface area contributed by atoms with E-state index in [0.717, 1.165) is 10.9 Å². The topological polar surface area (TPSA) is 42.2 Å². The van der Waals surface area contributed by atoms with Gasteiger partial charge >= 0.3 is 0 Å². The van der Waals surface area contributed by atoms with Crippen LogP contribution in [-0.4, -0.2) is 13.7 Å². The summed E-state index contributed by atoms with van der Waals surface area (Å²) in [6, 6.07) is 15.7. The number of benzene rings is 2. The van der Waals surface area contributed by atoms with Gasteiger partial charge in [0.15, 0.2) is 11.5 Å². The van der Waals surface area contributed by atoms with Crippen LogP contribution < -0.4 is 9.47 Å². The fourth-order valence-corrected chi connectivity index (χ4v) is 2.30. The third-order valence-electron chi connectivity index (χ3n) is 2.84. The zero-order valence-electron chi connectivity index (χ0n) is 11.1. The third-order valence-corrected chi connectivity index (χ3v) is 3.30. The fourth-order valence-electron chi connectivity index (χ4n) is 1.87. The number of methoxy groups -OCH3 is 1. The Morgan fingerprint density at radius 2 is 1.95 bits per heavy atom. The minimum absolute atomic E-state index is 0.462. The molecule has 2 aromatic carbocycles. The van der Waals surface area contributed by atoms with Crippen LogP contribution in [-0.2, 0) is 6.42 Å². The molecule has 0 aliphatic heterocycles. The lowest BCUT2D eigenvalue weighted by atomic mass is 10.1. The average Bonchev–Trinajstić information content (AvgIpc) is 2.49. The molecule has 0 radical (unpaired) electrons. The summed E-state index contributed by atoms with van der Waals surface area (Å²) in [7, 11) is 1.56. The molecule has 20 heavy (non-hydrogen) atoms. The molecule has 0 aliphatic rings. The molecule has 0 saturated heterocycles. The first-order chi connectivity index (χ1) is 9.74. The molecule has 0 amide bonds. The van der Waals surface area contributed by atoms with Crippen molar-refractivity contribution in [2.45, 2.75) is 6.42 Å². The van der Waals surface area contributed by atoms with E-state index >= 15 is 0 Å². The van der Waals surface area contributed by atoms with E-state index in [1.807, 2.05) is 30.3 Å². The predicted octanol–water partition coefficient (Wildman–Crippen LogP) is 3.95. The van der Waals surface area contributed by atoms with Gasteiger partial charge in [-0.25, -0.2) is 0 Å². The summed E-state index contributed by atoms with van der Waals surface area (Å²) in [6.07, 6.45) is 0.783. The van der Waals surface area contributed by atoms with Gasteiger partial charge in [-0.1, -0.05) is 46.3 Å². The molecular weight excluding hydrogens is 318 g/mol. The molecule has 0 N–H and O–H groups in total. The second kappa shape index (κ2) is 6.97. The SMILES string of the molecule is COc1cc(Br)cc(C#N)c1OCCc1ccccc1. The number of hydrogen-bond acceptors (Lipinski definition) is 3. The minimum atomic E-state index is 0.462. The predicted molar refractivity (Wildman–Crippen MR) is 81.1 cm³/mol. The Hall–Kier alpha value is -1.99. The van der Waals surface area contributed by atoms with Crippen molar-refractivity contribution in [3.63, 3.8) is 0 Å². The van der Waals surface area contributed by atoms with Gasteiger partial charge in [0, 0.05) is 10.9 Å². The van der Waals surface area contributed by atoms with Crippen LogP contribution in [0, 0.1) is 11.3 Å². The maximum atomic E-state index is 9.17. The molecule has 102 valence electrons. The summed E-state index contributed by atoms with van der Waals surface area (Å²) < 4.78 is 11.8. The molecular formula is C16H14BrNO2. The highest BCUT2D eigenvalue weighted by atomic mass is 79.9. The third kappa shape index (κ3) is 3.52. The number of rotatable bonds is 5. The zero-order chi connectivity index (χ0) is 14.4. The zero-order valence-corrected chi connectivity index (χ0v) is 12.7. The van der Waals surface area contributed by atoms with Crippen molar-refractivity contribution in [3.8, 4) is 17.6 Å². The number of hydrogen-bond donors (Lipinski definition) is 0. The lowest BCUT2D eigenvalue weighted by molar-refractivity contribution is 0.296. The largest absolute Gasteiger partial charge is 0.493 e. The Balaban J connectivity index is 2.11. The second-order valence-electron chi connectivity index (χ2n) is 4.18. The Bertz CT molecular complexity index is 620. The van der Waals surface area contributed by atoms with Gasteiger partial charge < -0.3 is 9.47 Å². The average molecular weight is 332 g/mol. The van der Waals surface area contributed by atoms with E-state index in [1.54, 1.807) is 19.2 Å². The summed E-state index contributed by atoms with van der Waals surface area (Å²) in [5, 5.41) is 9.17. The maximum absolute atomic E-state index is 9.17. The summed E-state index contributed by atoms with van der Waals surface area (Å²) in [5.41, 5.74) is 1.66. The van der Waals surface area contributed by atoms with Gasteiger partial charge in [-0.05, 0) is 17.7 Å². The molecule has 0 saturated carbocycles. The van der Waals surface area contributed by atoms with Crippen molar-refractivity contribution >= 4 is 15.9 Å². The quantitative estimate of drug-likeness (QED) is 0.833. The van der Waals surface area contributed by atoms with Gasteiger partial charge in [0.2, 0.25) is 0 Å². The molecule has 0 fully saturated rings. The molecule has 0 aliphatic carbocycles. The van der Waals surface area contributed by atoms with Crippen LogP contribution in [0.4, 0.5) is 0 Å². The molecule has 0 bridgehead atoms. The van der Waals surface area contributed by atoms with Crippen molar-refractivity contribution in [3.05, 3.63) is 58.1 Å². The van der Waals surface area contributed by atoms with Crippen LogP contribution in [0.3, 0.4) is 0 Å². The molecule has 2 rings (SSSR count). The van der Waals surface area contributed by atoms with Gasteiger partial charge in [-0.3, -0.25) is 0 Å². The van der Waals surface area contributed by atoms with Crippen LogP contribution in [0.25, 0.3) is 0 Å². The summed E-state index contributed by atoms with van der Waals surface area (Å²) in [6.45, 7) is 0.497. The summed E-state index contributed by atoms with van der Waals surface area (Å²) in [5.74, 6) is 1.05. The molecule has 3 nitrogen and oxygen atoms in total. The van der Waals surface area contributed by atoms with Crippen LogP contribution in [0.2, 0.25) is 0 Å². The fraction of sp³-hybridized carbons (Fsp3) is 0.188. The second-order valence-corrected chi connectivity index (χ2v) is 5.10. The first kappa shape index (κ1) is 14.4. The number of ether oxygens (including phenoxy) is 2. The molecule has 0 heterocycles. The van der Waals surface area contributed by atoms with Gasteiger partial charge in [0.1, 0.15) is 6.07 Å². The van der Waals surface area contributed by atoms with Crippen molar-refractivity contribution in [2.75, 3.05) is 13.7 Å². The first-order valence-corrected chi connectivity index (χ1v) is 6.98. The Morgan fingerprint density at radius 3 is 2.60 bits per heavy atom. The van der Waals surface area contributed by atoms with Gasteiger partial charge in [-0.2, -0.15) is 5.26 Å². The highest BCUT2D eigenvalue weighted by molar-refractivity contribution is 9.10. The van der Waals surface area contributed by atoms with Crippen molar-refractivity contribution in [2.24, 2.45) is 0 Å². The van der Waals surface area contributed by atoms with E-state index in [4.69, 9.17) is 9.47 Å². The van der Waals surface area contributed by atoms with Gasteiger partial charge in [0.25, 0.3) is 0 Å². The molecule has 0 spiro atoms. The van der Waals surface area contributed by atoms with Crippen molar-refractivity contribution < 1.29 is 9.47 Å². The molecule has 2 aromatic rings. The minimum Gasteiger partial charge on any atom is -0.493 e. The number of halogens is 1. The van der Waals surface area contributed by atoms with Gasteiger partial charge in [-0.15, -0.1) is 0 Å². The van der Waals surface area contributed by atoms with Crippen LogP contribution in [0.5, 0.6) is 11.5 Å². The monoisotopic (exact) mass is 331 g/mol. The lowest BCUT2D eigenvalue weighted by Crippen LogP contribution is -2.04. The smallest absolute Gasteiger partial charge is 0.178 e. The highest BCUT2D eigenvalue weighted by Gasteiger charge is 2.12. The standard InChI is InChI=1S/C16H14BrNO2/c1-19-15-10-14(17)9-13(11-18)16(15)20-8-7-12-5-3-2-4-6-12/h2-6,9-10H,7-8H2,1H3. The molecule has 0 unspecified atom stereocenters. The van der Waals surface area contributed by atoms with E-state index in [-0.39, 0.29) is 0 Å². The van der Waals surface area contributed by atoms with E-state index in [9.17, 15) is 5.26 Å². The highest BCUT2D eigenvalue weighted by Crippen LogP contribution is 2.34. The Morgan fingerprint density at radius 1 is 1.20 bits per heavy atom. The molecule has 0 atom stereocenters. The number of nitriles is 1. The van der Waals surface area contributed by atoms with Gasteiger partial charge in [0.05, 0.1) is 19.3 Å². The maximum Gasteiger partial charge on any atom is 0.178 e. The Kier molecular flexibility index (Phi) is 5.03. The summed E-state index contributed by atoms with van der Waals surface area (Å²) in [4.78, 5) is 0. The molecule has 4 heteroatoms. The van der Waals surface area contributed by atoms with Crippen LogP contribution in [0.15, 0.2) is 46.9 Å². The van der Waals surface area contributed by atoms with E-state index in [1.165, 1.54) is 5.56 Å². The normalized spacial score (nSPS) is 9.85. The lowest BCUT2D eigenvalue weighted by Gasteiger charge is -2.12. The van der Waals surface area contributed by atoms with E-state index < -0.39 is 0 Å². The first-order valence-electron chi connectivity index (χ1n) is 6.19. The molecule has 0 aromatic heterocycles.